The second-order valence-corrected chi connectivity index (χ2v) is 4.67. The van der Waals surface area contributed by atoms with Gasteiger partial charge in [0.1, 0.15) is 5.82 Å². The quantitative estimate of drug-likeness (QED) is 0.713. The molecule has 13 heavy (non-hydrogen) atoms. The van der Waals surface area contributed by atoms with Crippen LogP contribution in [0.15, 0.2) is 22.0 Å². The molecular weight excluding hydrogens is 251 g/mol. The van der Waals surface area contributed by atoms with Gasteiger partial charge in [0.25, 0.3) is 0 Å². The molecule has 0 unspecified atom stereocenters. The summed E-state index contributed by atoms with van der Waals surface area (Å²) in [5, 5.41) is 2.30. The third-order valence-electron chi connectivity index (χ3n) is 2.05. The molecule has 0 saturated carbocycles. The van der Waals surface area contributed by atoms with Crippen molar-refractivity contribution in [2.75, 3.05) is 0 Å². The number of rotatable bonds is 1. The van der Waals surface area contributed by atoms with Crippen LogP contribution >= 0.6 is 27.3 Å². The second-order valence-electron chi connectivity index (χ2n) is 2.88. The highest BCUT2D eigenvalue weighted by molar-refractivity contribution is 9.10. The van der Waals surface area contributed by atoms with Gasteiger partial charge in [-0.05, 0) is 24.1 Å². The van der Waals surface area contributed by atoms with E-state index >= 15 is 0 Å². The van der Waals surface area contributed by atoms with E-state index in [1.807, 2.05) is 6.07 Å². The Hall–Kier alpha value is -0.410. The van der Waals surface area contributed by atoms with Crippen molar-refractivity contribution in [2.24, 2.45) is 0 Å². The van der Waals surface area contributed by atoms with Gasteiger partial charge in [-0.1, -0.05) is 22.9 Å². The van der Waals surface area contributed by atoms with Crippen LogP contribution < -0.4 is 0 Å². The summed E-state index contributed by atoms with van der Waals surface area (Å²) in [5.74, 6) is -0.115. The van der Waals surface area contributed by atoms with Gasteiger partial charge < -0.3 is 0 Å². The van der Waals surface area contributed by atoms with Gasteiger partial charge in [-0.25, -0.2) is 4.39 Å². The summed E-state index contributed by atoms with van der Waals surface area (Å²) in [7, 11) is 0. The number of thiophene rings is 1. The first-order valence-electron chi connectivity index (χ1n) is 4.07. The molecule has 1 aromatic heterocycles. The molecular formula is C10H8BrFS. The Morgan fingerprint density at radius 3 is 2.92 bits per heavy atom. The van der Waals surface area contributed by atoms with Crippen molar-refractivity contribution in [2.45, 2.75) is 13.3 Å². The van der Waals surface area contributed by atoms with Gasteiger partial charge in [0.2, 0.25) is 0 Å². The Bertz CT molecular complexity index is 447. The van der Waals surface area contributed by atoms with Gasteiger partial charge in [-0.2, -0.15) is 0 Å². The maximum atomic E-state index is 13.2. The van der Waals surface area contributed by atoms with Gasteiger partial charge in [-0.3, -0.25) is 0 Å². The van der Waals surface area contributed by atoms with Crippen LogP contribution in [0, 0.1) is 5.82 Å². The number of aryl methyl sites for hydroxylation is 1. The highest BCUT2D eigenvalue weighted by Crippen LogP contribution is 2.31. The van der Waals surface area contributed by atoms with E-state index in [1.54, 1.807) is 5.38 Å². The zero-order chi connectivity index (χ0) is 9.42. The Morgan fingerprint density at radius 1 is 1.46 bits per heavy atom. The average Bonchev–Trinajstić information content (AvgIpc) is 2.47. The fourth-order valence-electron chi connectivity index (χ4n) is 1.40. The number of fused-ring (bicyclic) bond motifs is 1. The van der Waals surface area contributed by atoms with Crippen molar-refractivity contribution in [3.63, 3.8) is 0 Å². The van der Waals surface area contributed by atoms with Gasteiger partial charge in [0, 0.05) is 19.9 Å². The minimum atomic E-state index is -0.115. The molecule has 0 radical (unpaired) electrons. The molecule has 0 saturated heterocycles. The second kappa shape index (κ2) is 3.39. The van der Waals surface area contributed by atoms with Crippen LogP contribution in [0.4, 0.5) is 4.39 Å². The predicted octanol–water partition coefficient (Wildman–Crippen LogP) is 4.37. The molecule has 0 aliphatic carbocycles. The highest BCUT2D eigenvalue weighted by atomic mass is 79.9. The van der Waals surface area contributed by atoms with Gasteiger partial charge in [-0.15, -0.1) is 11.3 Å². The summed E-state index contributed by atoms with van der Waals surface area (Å²) < 4.78 is 15.3. The van der Waals surface area contributed by atoms with Gasteiger partial charge in [0.05, 0.1) is 0 Å². The topological polar surface area (TPSA) is 0 Å². The molecule has 0 spiro atoms. The van der Waals surface area contributed by atoms with Crippen LogP contribution in [-0.2, 0) is 6.42 Å². The molecule has 0 N–H and O–H groups in total. The molecule has 0 bridgehead atoms. The molecule has 3 heteroatoms. The van der Waals surface area contributed by atoms with Gasteiger partial charge in [0.15, 0.2) is 0 Å². The van der Waals surface area contributed by atoms with Crippen molar-refractivity contribution in [3.05, 3.63) is 33.4 Å². The van der Waals surface area contributed by atoms with E-state index in [0.717, 1.165) is 21.0 Å². The summed E-state index contributed by atoms with van der Waals surface area (Å²) in [4.78, 5) is 0. The lowest BCUT2D eigenvalue weighted by atomic mass is 10.1. The van der Waals surface area contributed by atoms with Crippen LogP contribution in [0.2, 0.25) is 0 Å². The van der Waals surface area contributed by atoms with Crippen LogP contribution in [0.25, 0.3) is 10.1 Å². The Morgan fingerprint density at radius 2 is 2.23 bits per heavy atom. The predicted molar refractivity (Wildman–Crippen MR) is 58.9 cm³/mol. The Kier molecular flexibility index (Phi) is 2.39. The molecule has 2 rings (SSSR count). The maximum Gasteiger partial charge on any atom is 0.141 e. The van der Waals surface area contributed by atoms with Crippen LogP contribution in [0.3, 0.4) is 0 Å². The number of benzene rings is 1. The van der Waals surface area contributed by atoms with E-state index in [-0.39, 0.29) is 5.82 Å². The van der Waals surface area contributed by atoms with E-state index in [4.69, 9.17) is 0 Å². The van der Waals surface area contributed by atoms with Crippen molar-refractivity contribution in [3.8, 4) is 0 Å². The first-order valence-corrected chi connectivity index (χ1v) is 5.74. The lowest BCUT2D eigenvalue weighted by Crippen LogP contribution is -1.81. The van der Waals surface area contributed by atoms with E-state index < -0.39 is 0 Å². The molecule has 0 aliphatic heterocycles. The molecule has 1 aromatic carbocycles. The SMILES string of the molecule is CCc1cc(Br)cc2c(F)csc12. The van der Waals surface area contributed by atoms with Crippen LogP contribution in [0.5, 0.6) is 0 Å². The summed E-state index contributed by atoms with van der Waals surface area (Å²) >= 11 is 4.86. The molecule has 0 nitrogen and oxygen atoms in total. The highest BCUT2D eigenvalue weighted by Gasteiger charge is 2.07. The molecule has 0 atom stereocenters. The Labute approximate surface area is 88.5 Å². The third-order valence-corrected chi connectivity index (χ3v) is 3.55. The lowest BCUT2D eigenvalue weighted by molar-refractivity contribution is 0.644. The number of hydrogen-bond acceptors (Lipinski definition) is 1. The largest absolute Gasteiger partial charge is 0.205 e. The number of hydrogen-bond donors (Lipinski definition) is 0. The zero-order valence-electron chi connectivity index (χ0n) is 7.10. The molecule has 0 fully saturated rings. The molecule has 68 valence electrons. The average molecular weight is 259 g/mol. The minimum absolute atomic E-state index is 0.115. The monoisotopic (exact) mass is 258 g/mol. The molecule has 2 aromatic rings. The fourth-order valence-corrected chi connectivity index (χ4v) is 2.89. The maximum absolute atomic E-state index is 13.2. The Balaban J connectivity index is 2.84. The van der Waals surface area contributed by atoms with Crippen molar-refractivity contribution in [1.29, 1.82) is 0 Å². The summed E-state index contributed by atoms with van der Waals surface area (Å²) in [6.07, 6.45) is 0.940. The zero-order valence-corrected chi connectivity index (χ0v) is 9.51. The normalized spacial score (nSPS) is 11.0. The van der Waals surface area contributed by atoms with Crippen molar-refractivity contribution in [1.82, 2.24) is 0 Å². The summed E-state index contributed by atoms with van der Waals surface area (Å²) in [6, 6.07) is 3.89. The van der Waals surface area contributed by atoms with Crippen LogP contribution in [0.1, 0.15) is 12.5 Å². The summed E-state index contributed by atoms with van der Waals surface area (Å²) in [6.45, 7) is 2.08. The lowest BCUT2D eigenvalue weighted by Gasteiger charge is -2.00. The fraction of sp³-hybridized carbons (Fsp3) is 0.200. The first kappa shape index (κ1) is 9.16. The van der Waals surface area contributed by atoms with E-state index in [9.17, 15) is 4.39 Å². The van der Waals surface area contributed by atoms with E-state index in [0.29, 0.717) is 0 Å². The standard InChI is InChI=1S/C10H8BrFS/c1-2-6-3-7(11)4-8-9(12)5-13-10(6)8/h3-5H,2H2,1H3. The van der Waals surface area contributed by atoms with Crippen LogP contribution in [-0.4, -0.2) is 0 Å². The smallest absolute Gasteiger partial charge is 0.141 e. The summed E-state index contributed by atoms with van der Waals surface area (Å²) in [5.41, 5.74) is 1.21. The van der Waals surface area contributed by atoms with E-state index in [1.165, 1.54) is 16.9 Å². The van der Waals surface area contributed by atoms with Gasteiger partial charge >= 0.3 is 0 Å². The first-order chi connectivity index (χ1) is 6.22. The molecule has 1 heterocycles. The molecule has 0 aliphatic rings. The van der Waals surface area contributed by atoms with Crippen molar-refractivity contribution < 1.29 is 4.39 Å². The number of halogens is 2. The van der Waals surface area contributed by atoms with Crippen molar-refractivity contribution >= 4 is 37.4 Å². The third kappa shape index (κ3) is 1.51. The van der Waals surface area contributed by atoms with E-state index in [2.05, 4.69) is 28.9 Å². The minimum Gasteiger partial charge on any atom is -0.205 e. The molecule has 0 amide bonds.